The van der Waals surface area contributed by atoms with Crippen molar-refractivity contribution in [3.63, 3.8) is 0 Å². The summed E-state index contributed by atoms with van der Waals surface area (Å²) >= 11 is 6.08. The number of anilines is 3. The average Bonchev–Trinajstić information content (AvgIpc) is 2.48. The molecule has 3 aromatic rings. The normalized spacial score (nSPS) is 10.8. The third kappa shape index (κ3) is 2.45. The van der Waals surface area contributed by atoms with Gasteiger partial charge in [-0.2, -0.15) is 0 Å². The van der Waals surface area contributed by atoms with Gasteiger partial charge in [0, 0.05) is 17.6 Å². The maximum atomic E-state index is 13.7. The number of fused-ring (bicyclic) bond motifs is 1. The number of nitrogens with one attached hydrogen (secondary N) is 1. The molecule has 1 aromatic carbocycles. The van der Waals surface area contributed by atoms with Gasteiger partial charge in [-0.05, 0) is 24.3 Å². The standard InChI is InChI=1S/C14H9ClF2N4/c15-8-3-4-11(12-7(8)2-1-5-19-12)20-14-10(17)6-9(16)13(18)21-14/h1-6H,(H3,18,20,21). The number of benzene rings is 1. The second-order valence-corrected chi connectivity index (χ2v) is 4.71. The van der Waals surface area contributed by atoms with Crippen molar-refractivity contribution in [1.82, 2.24) is 9.97 Å². The zero-order valence-electron chi connectivity index (χ0n) is 10.6. The summed E-state index contributed by atoms with van der Waals surface area (Å²) in [4.78, 5) is 7.86. The van der Waals surface area contributed by atoms with Crippen molar-refractivity contribution >= 4 is 39.8 Å². The van der Waals surface area contributed by atoms with E-state index in [1.165, 1.54) is 0 Å². The first kappa shape index (κ1) is 13.5. The van der Waals surface area contributed by atoms with E-state index in [2.05, 4.69) is 15.3 Å². The lowest BCUT2D eigenvalue weighted by Crippen LogP contribution is -2.03. The maximum Gasteiger partial charge on any atom is 0.169 e. The van der Waals surface area contributed by atoms with Gasteiger partial charge < -0.3 is 11.1 Å². The van der Waals surface area contributed by atoms with Crippen molar-refractivity contribution in [1.29, 1.82) is 0 Å². The summed E-state index contributed by atoms with van der Waals surface area (Å²) in [7, 11) is 0. The van der Waals surface area contributed by atoms with Crippen LogP contribution in [-0.4, -0.2) is 9.97 Å². The lowest BCUT2D eigenvalue weighted by molar-refractivity contribution is 0.581. The molecule has 2 heterocycles. The first-order valence-corrected chi connectivity index (χ1v) is 6.36. The van der Waals surface area contributed by atoms with E-state index in [4.69, 9.17) is 17.3 Å². The molecule has 0 unspecified atom stereocenters. The van der Waals surface area contributed by atoms with Crippen LogP contribution in [0.25, 0.3) is 10.9 Å². The van der Waals surface area contributed by atoms with Crippen LogP contribution in [0.15, 0.2) is 36.5 Å². The zero-order valence-corrected chi connectivity index (χ0v) is 11.3. The fraction of sp³-hybridized carbons (Fsp3) is 0. The fourth-order valence-corrected chi connectivity index (χ4v) is 2.15. The summed E-state index contributed by atoms with van der Waals surface area (Å²) in [5.41, 5.74) is 6.39. The van der Waals surface area contributed by atoms with E-state index < -0.39 is 11.6 Å². The van der Waals surface area contributed by atoms with Crippen LogP contribution >= 0.6 is 11.6 Å². The number of nitrogens with two attached hydrogens (primary N) is 1. The molecular weight excluding hydrogens is 298 g/mol. The minimum Gasteiger partial charge on any atom is -0.381 e. The highest BCUT2D eigenvalue weighted by molar-refractivity contribution is 6.35. The van der Waals surface area contributed by atoms with Gasteiger partial charge in [0.2, 0.25) is 0 Å². The first-order chi connectivity index (χ1) is 10.1. The van der Waals surface area contributed by atoms with Crippen LogP contribution in [-0.2, 0) is 0 Å². The molecule has 0 bridgehead atoms. The summed E-state index contributed by atoms with van der Waals surface area (Å²) in [5, 5.41) is 3.99. The molecule has 4 nitrogen and oxygen atoms in total. The molecular formula is C14H9ClF2N4. The van der Waals surface area contributed by atoms with Crippen molar-refractivity contribution in [3.8, 4) is 0 Å². The number of halogens is 3. The average molecular weight is 307 g/mol. The van der Waals surface area contributed by atoms with Crippen LogP contribution in [0.2, 0.25) is 5.02 Å². The van der Waals surface area contributed by atoms with Crippen LogP contribution in [0.1, 0.15) is 0 Å². The van der Waals surface area contributed by atoms with Crippen LogP contribution in [0, 0.1) is 11.6 Å². The van der Waals surface area contributed by atoms with Gasteiger partial charge in [-0.1, -0.05) is 11.6 Å². The summed E-state index contributed by atoms with van der Waals surface area (Å²) < 4.78 is 26.8. The zero-order chi connectivity index (χ0) is 15.0. The van der Waals surface area contributed by atoms with E-state index >= 15 is 0 Å². The number of nitrogens with zero attached hydrogens (tertiary/aromatic N) is 2. The number of pyridine rings is 2. The van der Waals surface area contributed by atoms with Gasteiger partial charge in [0.15, 0.2) is 23.3 Å². The molecule has 0 aliphatic heterocycles. The molecule has 0 fully saturated rings. The first-order valence-electron chi connectivity index (χ1n) is 5.98. The quantitative estimate of drug-likeness (QED) is 0.754. The second-order valence-electron chi connectivity index (χ2n) is 4.31. The molecule has 2 aromatic heterocycles. The van der Waals surface area contributed by atoms with E-state index in [0.29, 0.717) is 27.7 Å². The molecule has 0 radical (unpaired) electrons. The third-order valence-electron chi connectivity index (χ3n) is 2.93. The Morgan fingerprint density at radius 3 is 2.76 bits per heavy atom. The van der Waals surface area contributed by atoms with Crippen molar-refractivity contribution < 1.29 is 8.78 Å². The second kappa shape index (κ2) is 5.14. The van der Waals surface area contributed by atoms with E-state index in [-0.39, 0.29) is 11.6 Å². The van der Waals surface area contributed by atoms with Gasteiger partial charge in [0.1, 0.15) is 0 Å². The Kier molecular flexibility index (Phi) is 3.31. The molecule has 0 spiro atoms. The predicted molar refractivity (Wildman–Crippen MR) is 78.6 cm³/mol. The predicted octanol–water partition coefficient (Wildman–Crippen LogP) is 3.89. The van der Waals surface area contributed by atoms with Crippen LogP contribution in [0.5, 0.6) is 0 Å². The molecule has 3 rings (SSSR count). The van der Waals surface area contributed by atoms with E-state index in [0.717, 1.165) is 0 Å². The van der Waals surface area contributed by atoms with Gasteiger partial charge in [-0.15, -0.1) is 0 Å². The van der Waals surface area contributed by atoms with Gasteiger partial charge in [-0.3, -0.25) is 4.98 Å². The van der Waals surface area contributed by atoms with E-state index in [1.54, 1.807) is 30.5 Å². The van der Waals surface area contributed by atoms with Crippen molar-refractivity contribution in [2.24, 2.45) is 0 Å². The summed E-state index contributed by atoms with van der Waals surface area (Å²) in [6, 6.07) is 7.50. The summed E-state index contributed by atoms with van der Waals surface area (Å²) in [6.07, 6.45) is 1.59. The van der Waals surface area contributed by atoms with Crippen molar-refractivity contribution in [3.05, 3.63) is 53.2 Å². The monoisotopic (exact) mass is 306 g/mol. The Morgan fingerprint density at radius 1 is 1.14 bits per heavy atom. The molecule has 0 aliphatic rings. The molecule has 3 N–H and O–H groups in total. The summed E-state index contributed by atoms with van der Waals surface area (Å²) in [5.74, 6) is -2.31. The Hall–Kier alpha value is -2.47. The van der Waals surface area contributed by atoms with Crippen molar-refractivity contribution in [2.45, 2.75) is 0 Å². The summed E-state index contributed by atoms with van der Waals surface area (Å²) in [6.45, 7) is 0. The van der Waals surface area contributed by atoms with Gasteiger partial charge in [0.05, 0.1) is 16.2 Å². The van der Waals surface area contributed by atoms with Crippen molar-refractivity contribution in [2.75, 3.05) is 11.1 Å². The minimum absolute atomic E-state index is 0.178. The van der Waals surface area contributed by atoms with Gasteiger partial charge >= 0.3 is 0 Å². The molecule has 7 heteroatoms. The topological polar surface area (TPSA) is 63.8 Å². The molecule has 21 heavy (non-hydrogen) atoms. The van der Waals surface area contributed by atoms with E-state index in [1.807, 2.05) is 0 Å². The Bertz CT molecular complexity index is 839. The SMILES string of the molecule is Nc1nc(Nc2ccc(Cl)c3cccnc23)c(F)cc1F. The van der Waals surface area contributed by atoms with Gasteiger partial charge in [-0.25, -0.2) is 13.8 Å². The Balaban J connectivity index is 2.11. The number of hydrogen-bond acceptors (Lipinski definition) is 4. The number of aromatic nitrogens is 2. The fourth-order valence-electron chi connectivity index (χ4n) is 1.93. The Labute approximate surface area is 123 Å². The molecule has 0 amide bonds. The van der Waals surface area contributed by atoms with Crippen LogP contribution in [0.3, 0.4) is 0 Å². The maximum absolute atomic E-state index is 13.7. The number of rotatable bonds is 2. The molecule has 106 valence electrons. The lowest BCUT2D eigenvalue weighted by atomic mass is 10.2. The number of nitrogen functional groups attached to an aromatic ring is 1. The molecule has 0 atom stereocenters. The highest BCUT2D eigenvalue weighted by atomic mass is 35.5. The Morgan fingerprint density at radius 2 is 1.95 bits per heavy atom. The molecule has 0 aliphatic carbocycles. The third-order valence-corrected chi connectivity index (χ3v) is 3.26. The minimum atomic E-state index is -0.905. The smallest absolute Gasteiger partial charge is 0.169 e. The van der Waals surface area contributed by atoms with E-state index in [9.17, 15) is 8.78 Å². The van der Waals surface area contributed by atoms with Crippen LogP contribution in [0.4, 0.5) is 26.1 Å². The highest BCUT2D eigenvalue weighted by Crippen LogP contribution is 2.30. The van der Waals surface area contributed by atoms with Gasteiger partial charge in [0.25, 0.3) is 0 Å². The largest absolute Gasteiger partial charge is 0.381 e. The number of hydrogen-bond donors (Lipinski definition) is 2. The molecule has 0 saturated heterocycles. The highest BCUT2D eigenvalue weighted by Gasteiger charge is 2.12. The molecule has 0 saturated carbocycles. The van der Waals surface area contributed by atoms with Crippen LogP contribution < -0.4 is 11.1 Å². The lowest BCUT2D eigenvalue weighted by Gasteiger charge is -2.10.